The molecular formula is C32H66O5. The number of ether oxygens (including phenoxy) is 1. The first-order valence-corrected chi connectivity index (χ1v) is 16.2. The van der Waals surface area contributed by atoms with Gasteiger partial charge in [-0.1, -0.05) is 149 Å². The molecule has 37 heavy (non-hydrogen) atoms. The Morgan fingerprint density at radius 2 is 0.919 bits per heavy atom. The quantitative estimate of drug-likeness (QED) is 0.0739. The van der Waals surface area contributed by atoms with Crippen LogP contribution in [-0.4, -0.2) is 57.6 Å². The molecule has 0 unspecified atom stereocenters. The second-order valence-electron chi connectivity index (χ2n) is 11.6. The normalized spacial score (nSPS) is 16.0. The van der Waals surface area contributed by atoms with Gasteiger partial charge in [-0.2, -0.15) is 0 Å². The van der Waals surface area contributed by atoms with Crippen molar-refractivity contribution in [1.29, 1.82) is 0 Å². The van der Waals surface area contributed by atoms with E-state index in [9.17, 15) is 20.4 Å². The van der Waals surface area contributed by atoms with E-state index in [2.05, 4.69) is 20.8 Å². The summed E-state index contributed by atoms with van der Waals surface area (Å²) in [5.41, 5.74) is -3.34. The zero-order valence-corrected chi connectivity index (χ0v) is 25.2. The minimum Gasteiger partial charge on any atom is -0.394 e. The van der Waals surface area contributed by atoms with Crippen molar-refractivity contribution in [2.75, 3.05) is 19.8 Å². The minimum atomic E-state index is -1.77. The first kappa shape index (κ1) is 36.8. The van der Waals surface area contributed by atoms with Crippen LogP contribution in [0.5, 0.6) is 0 Å². The van der Waals surface area contributed by atoms with Crippen molar-refractivity contribution in [3.8, 4) is 0 Å². The largest absolute Gasteiger partial charge is 0.394 e. The fourth-order valence-corrected chi connectivity index (χ4v) is 5.40. The molecule has 5 nitrogen and oxygen atoms in total. The molecule has 0 aliphatic heterocycles. The monoisotopic (exact) mass is 530 g/mol. The van der Waals surface area contributed by atoms with Crippen LogP contribution in [0.25, 0.3) is 0 Å². The number of hydrogen-bond acceptors (Lipinski definition) is 5. The lowest BCUT2D eigenvalue weighted by Crippen LogP contribution is -2.64. The highest BCUT2D eigenvalue weighted by atomic mass is 16.5. The van der Waals surface area contributed by atoms with E-state index in [1.165, 1.54) is 83.5 Å². The molecule has 0 aromatic carbocycles. The number of hydrogen-bond donors (Lipinski definition) is 4. The SMILES string of the molecule is CCCCCCCCCOC[C@](O)(CCCCCCCCC)[C@@](O)(CCCCCCCCC)[C@@H](O)CO. The molecule has 0 saturated carbocycles. The Balaban J connectivity index is 4.95. The van der Waals surface area contributed by atoms with Gasteiger partial charge in [-0.05, 0) is 19.3 Å². The van der Waals surface area contributed by atoms with Gasteiger partial charge in [0, 0.05) is 6.61 Å². The molecule has 0 aromatic rings. The van der Waals surface area contributed by atoms with Gasteiger partial charge in [-0.3, -0.25) is 0 Å². The third-order valence-electron chi connectivity index (χ3n) is 8.12. The lowest BCUT2D eigenvalue weighted by Gasteiger charge is -2.46. The van der Waals surface area contributed by atoms with Gasteiger partial charge in [-0.25, -0.2) is 0 Å². The van der Waals surface area contributed by atoms with Gasteiger partial charge in [0.2, 0.25) is 0 Å². The van der Waals surface area contributed by atoms with Crippen LogP contribution in [0, 0.1) is 0 Å². The van der Waals surface area contributed by atoms with Crippen LogP contribution >= 0.6 is 0 Å². The molecule has 3 atom stereocenters. The van der Waals surface area contributed by atoms with Crippen molar-refractivity contribution in [2.45, 2.75) is 186 Å². The lowest BCUT2D eigenvalue weighted by molar-refractivity contribution is -0.235. The second-order valence-corrected chi connectivity index (χ2v) is 11.6. The van der Waals surface area contributed by atoms with Crippen molar-refractivity contribution >= 4 is 0 Å². The molecule has 0 radical (unpaired) electrons. The van der Waals surface area contributed by atoms with Crippen LogP contribution in [0.2, 0.25) is 0 Å². The molecule has 0 amide bonds. The van der Waals surface area contributed by atoms with Crippen LogP contribution in [0.4, 0.5) is 0 Å². The number of unbranched alkanes of at least 4 members (excludes halogenated alkanes) is 18. The van der Waals surface area contributed by atoms with E-state index in [1.807, 2.05) is 0 Å². The summed E-state index contributed by atoms with van der Waals surface area (Å²) in [4.78, 5) is 0. The maximum absolute atomic E-state index is 11.8. The van der Waals surface area contributed by atoms with Crippen molar-refractivity contribution in [2.24, 2.45) is 0 Å². The molecule has 0 aromatic heterocycles. The van der Waals surface area contributed by atoms with E-state index in [1.54, 1.807) is 0 Å². The van der Waals surface area contributed by atoms with Crippen LogP contribution < -0.4 is 0 Å². The zero-order valence-electron chi connectivity index (χ0n) is 25.2. The number of aliphatic hydroxyl groups is 4. The van der Waals surface area contributed by atoms with E-state index in [-0.39, 0.29) is 13.0 Å². The van der Waals surface area contributed by atoms with Gasteiger partial charge in [0.1, 0.15) is 17.3 Å². The summed E-state index contributed by atoms with van der Waals surface area (Å²) in [6, 6.07) is 0. The summed E-state index contributed by atoms with van der Waals surface area (Å²) in [5, 5.41) is 44.0. The predicted octanol–water partition coefficient (Wildman–Crippen LogP) is 7.85. The zero-order chi connectivity index (χ0) is 27.7. The van der Waals surface area contributed by atoms with Gasteiger partial charge < -0.3 is 25.2 Å². The molecule has 0 aliphatic rings. The number of aliphatic hydroxyl groups excluding tert-OH is 2. The first-order valence-electron chi connectivity index (χ1n) is 16.2. The van der Waals surface area contributed by atoms with Crippen molar-refractivity contribution in [3.05, 3.63) is 0 Å². The van der Waals surface area contributed by atoms with E-state index in [0.717, 1.165) is 51.4 Å². The van der Waals surface area contributed by atoms with E-state index in [4.69, 9.17) is 4.74 Å². The second kappa shape index (κ2) is 24.8. The van der Waals surface area contributed by atoms with Crippen molar-refractivity contribution in [1.82, 2.24) is 0 Å². The lowest BCUT2D eigenvalue weighted by atomic mass is 9.72. The number of rotatable bonds is 29. The Morgan fingerprint density at radius 1 is 0.541 bits per heavy atom. The Kier molecular flexibility index (Phi) is 24.7. The predicted molar refractivity (Wildman–Crippen MR) is 157 cm³/mol. The molecule has 0 spiro atoms. The molecule has 0 fully saturated rings. The maximum atomic E-state index is 11.8. The van der Waals surface area contributed by atoms with Crippen LogP contribution in [-0.2, 0) is 4.74 Å². The first-order chi connectivity index (χ1) is 17.9. The Hall–Kier alpha value is -0.200. The highest BCUT2D eigenvalue weighted by molar-refractivity contribution is 5.04. The van der Waals surface area contributed by atoms with Crippen molar-refractivity contribution < 1.29 is 25.2 Å². The summed E-state index contributed by atoms with van der Waals surface area (Å²) in [6.45, 7) is 6.63. The molecule has 4 N–H and O–H groups in total. The topological polar surface area (TPSA) is 90.2 Å². The average Bonchev–Trinajstić information content (AvgIpc) is 2.90. The third kappa shape index (κ3) is 17.2. The summed E-state index contributed by atoms with van der Waals surface area (Å²) in [7, 11) is 0. The molecule has 0 aliphatic carbocycles. The van der Waals surface area contributed by atoms with E-state index in [0.29, 0.717) is 13.0 Å². The van der Waals surface area contributed by atoms with Crippen LogP contribution in [0.1, 0.15) is 168 Å². The highest BCUT2D eigenvalue weighted by Crippen LogP contribution is 2.36. The third-order valence-corrected chi connectivity index (χ3v) is 8.12. The van der Waals surface area contributed by atoms with Crippen LogP contribution in [0.15, 0.2) is 0 Å². The average molecular weight is 531 g/mol. The van der Waals surface area contributed by atoms with Crippen molar-refractivity contribution in [3.63, 3.8) is 0 Å². The summed E-state index contributed by atoms with van der Waals surface area (Å²) < 4.78 is 5.95. The molecule has 0 saturated heterocycles. The highest BCUT2D eigenvalue weighted by Gasteiger charge is 2.53. The molecule has 224 valence electrons. The fourth-order valence-electron chi connectivity index (χ4n) is 5.40. The Labute approximate surface area is 230 Å². The van der Waals surface area contributed by atoms with Gasteiger partial charge in [0.25, 0.3) is 0 Å². The van der Waals surface area contributed by atoms with Gasteiger partial charge in [0.15, 0.2) is 0 Å². The summed E-state index contributed by atoms with van der Waals surface area (Å²) in [6.07, 6.45) is 23.1. The molecule has 0 bridgehead atoms. The molecule has 5 heteroatoms. The summed E-state index contributed by atoms with van der Waals surface area (Å²) in [5.74, 6) is 0. The van der Waals surface area contributed by atoms with Gasteiger partial charge in [0.05, 0.1) is 13.2 Å². The van der Waals surface area contributed by atoms with E-state index >= 15 is 0 Å². The molecule has 0 rings (SSSR count). The maximum Gasteiger partial charge on any atom is 0.123 e. The summed E-state index contributed by atoms with van der Waals surface area (Å²) >= 11 is 0. The van der Waals surface area contributed by atoms with Gasteiger partial charge in [-0.15, -0.1) is 0 Å². The fraction of sp³-hybridized carbons (Fsp3) is 1.00. The molecule has 0 heterocycles. The Morgan fingerprint density at radius 3 is 1.35 bits per heavy atom. The Bertz CT molecular complexity index is 474. The van der Waals surface area contributed by atoms with Gasteiger partial charge >= 0.3 is 0 Å². The standard InChI is InChI=1S/C32H66O5/c1-4-7-10-13-16-19-22-25-31(35,29-37-27-24-21-18-15-12-9-6-3)32(36,30(34)28-33)26-23-20-17-14-11-8-5-2/h30,33-36H,4-29H2,1-3H3/t30-,31+,32+/m0/s1. The molecular weight excluding hydrogens is 464 g/mol. The van der Waals surface area contributed by atoms with Crippen LogP contribution in [0.3, 0.4) is 0 Å². The van der Waals surface area contributed by atoms with E-state index < -0.39 is 23.9 Å². The smallest absolute Gasteiger partial charge is 0.123 e. The minimum absolute atomic E-state index is 0.00271.